The van der Waals surface area contributed by atoms with Crippen molar-refractivity contribution in [2.75, 3.05) is 0 Å². The van der Waals surface area contributed by atoms with E-state index in [1.807, 2.05) is 0 Å². The predicted octanol–water partition coefficient (Wildman–Crippen LogP) is 2.39. The Morgan fingerprint density at radius 3 is 2.26 bits per heavy atom. The molecular weight excluding hydrogens is 348 g/mol. The Morgan fingerprint density at radius 2 is 1.59 bits per heavy atom. The van der Waals surface area contributed by atoms with Crippen LogP contribution in [0.2, 0.25) is 0 Å². The molecule has 0 heterocycles. The lowest BCUT2D eigenvalue weighted by Gasteiger charge is -2.37. The number of benzene rings is 2. The van der Waals surface area contributed by atoms with Gasteiger partial charge in [0, 0.05) is 29.5 Å². The molecule has 1 atom stereocenters. The summed E-state index contributed by atoms with van der Waals surface area (Å²) in [6.45, 7) is 3.59. The summed E-state index contributed by atoms with van der Waals surface area (Å²) < 4.78 is 0. The molecular formula is C21H18O6. The van der Waals surface area contributed by atoms with Crippen molar-refractivity contribution in [3.63, 3.8) is 0 Å². The summed E-state index contributed by atoms with van der Waals surface area (Å²) in [7, 11) is 0. The third kappa shape index (κ3) is 2.26. The number of hydrogen-bond donors (Lipinski definition) is 3. The summed E-state index contributed by atoms with van der Waals surface area (Å²) in [6, 6.07) is 5.42. The standard InChI is InChI=1S/C21H18O6/c1-9(2)21(27)7-10-6-13(23)17-18(15(10)14(24)8-21)19(25)11-4-3-5-12(22)16(11)20(17)26/h3-6,9,22-23,27H,7-8H2,1-2H3. The predicted molar refractivity (Wildman–Crippen MR) is 95.5 cm³/mol. The van der Waals surface area contributed by atoms with Crippen molar-refractivity contribution in [3.8, 4) is 11.5 Å². The van der Waals surface area contributed by atoms with E-state index in [0.29, 0.717) is 5.56 Å². The molecule has 4 rings (SSSR count). The Hall–Kier alpha value is -2.99. The molecule has 2 aliphatic carbocycles. The first-order valence-corrected chi connectivity index (χ1v) is 8.71. The maximum atomic E-state index is 13.1. The monoisotopic (exact) mass is 366 g/mol. The molecule has 2 aliphatic rings. The van der Waals surface area contributed by atoms with E-state index in [1.165, 1.54) is 24.3 Å². The number of carbonyl (C=O) groups excluding carboxylic acids is 3. The number of aromatic hydroxyl groups is 2. The van der Waals surface area contributed by atoms with E-state index in [1.54, 1.807) is 13.8 Å². The second-order valence-corrected chi connectivity index (χ2v) is 7.57. The molecule has 0 radical (unpaired) electrons. The van der Waals surface area contributed by atoms with Crippen molar-refractivity contribution in [2.45, 2.75) is 32.3 Å². The Kier molecular flexibility index (Phi) is 3.55. The average molecular weight is 366 g/mol. The van der Waals surface area contributed by atoms with Crippen molar-refractivity contribution in [1.29, 1.82) is 0 Å². The normalized spacial score (nSPS) is 21.1. The first-order chi connectivity index (χ1) is 12.7. The van der Waals surface area contributed by atoms with Gasteiger partial charge in [0.1, 0.15) is 11.5 Å². The van der Waals surface area contributed by atoms with Gasteiger partial charge in [0.2, 0.25) is 5.78 Å². The number of rotatable bonds is 1. The lowest BCUT2D eigenvalue weighted by Crippen LogP contribution is -2.44. The van der Waals surface area contributed by atoms with Crippen LogP contribution in [0.5, 0.6) is 11.5 Å². The largest absolute Gasteiger partial charge is 0.507 e. The molecule has 138 valence electrons. The molecule has 27 heavy (non-hydrogen) atoms. The van der Waals surface area contributed by atoms with Crippen molar-refractivity contribution in [3.05, 3.63) is 57.6 Å². The fraction of sp³-hybridized carbons (Fsp3) is 0.286. The van der Waals surface area contributed by atoms with E-state index >= 15 is 0 Å². The average Bonchev–Trinajstić information content (AvgIpc) is 2.58. The van der Waals surface area contributed by atoms with Gasteiger partial charge < -0.3 is 15.3 Å². The minimum absolute atomic E-state index is 0.00204. The third-order valence-corrected chi connectivity index (χ3v) is 5.67. The van der Waals surface area contributed by atoms with Gasteiger partial charge in [-0.1, -0.05) is 26.0 Å². The fourth-order valence-corrected chi connectivity index (χ4v) is 4.03. The fourth-order valence-electron chi connectivity index (χ4n) is 4.03. The molecule has 0 amide bonds. The van der Waals surface area contributed by atoms with Crippen molar-refractivity contribution < 1.29 is 29.7 Å². The van der Waals surface area contributed by atoms with E-state index < -0.39 is 28.7 Å². The molecule has 0 aliphatic heterocycles. The number of hydrogen-bond acceptors (Lipinski definition) is 6. The lowest BCUT2D eigenvalue weighted by atomic mass is 9.69. The molecule has 6 nitrogen and oxygen atoms in total. The van der Waals surface area contributed by atoms with E-state index in [2.05, 4.69) is 0 Å². The number of fused-ring (bicyclic) bond motifs is 4. The van der Waals surface area contributed by atoms with Crippen LogP contribution < -0.4 is 0 Å². The van der Waals surface area contributed by atoms with E-state index in [-0.39, 0.29) is 52.3 Å². The highest BCUT2D eigenvalue weighted by Crippen LogP contribution is 2.43. The molecule has 0 spiro atoms. The van der Waals surface area contributed by atoms with Gasteiger partial charge in [-0.2, -0.15) is 0 Å². The van der Waals surface area contributed by atoms with Crippen LogP contribution in [0.25, 0.3) is 0 Å². The van der Waals surface area contributed by atoms with E-state index in [4.69, 9.17) is 0 Å². The highest BCUT2D eigenvalue weighted by Gasteiger charge is 2.45. The molecule has 0 fully saturated rings. The summed E-state index contributed by atoms with van der Waals surface area (Å²) in [5.41, 5.74) is -1.42. The molecule has 6 heteroatoms. The molecule has 2 aromatic carbocycles. The van der Waals surface area contributed by atoms with Gasteiger partial charge in [-0.25, -0.2) is 0 Å². The smallest absolute Gasteiger partial charge is 0.201 e. The van der Waals surface area contributed by atoms with Crippen LogP contribution >= 0.6 is 0 Å². The van der Waals surface area contributed by atoms with Crippen molar-refractivity contribution in [2.24, 2.45) is 5.92 Å². The summed E-state index contributed by atoms with van der Waals surface area (Å²) in [4.78, 5) is 38.8. The van der Waals surface area contributed by atoms with Crippen LogP contribution in [0.1, 0.15) is 68.0 Å². The zero-order valence-electron chi connectivity index (χ0n) is 14.9. The zero-order chi connectivity index (χ0) is 19.7. The number of phenols is 2. The summed E-state index contributed by atoms with van der Waals surface area (Å²) in [5, 5.41) is 31.3. The molecule has 1 unspecified atom stereocenters. The SMILES string of the molecule is CC(C)C1(O)CC(=O)c2c(cc(O)c3c2C(=O)c2cccc(O)c2C3=O)C1. The topological polar surface area (TPSA) is 112 Å². The highest BCUT2D eigenvalue weighted by atomic mass is 16.3. The van der Waals surface area contributed by atoms with Gasteiger partial charge in [-0.05, 0) is 23.6 Å². The van der Waals surface area contributed by atoms with Gasteiger partial charge in [0.15, 0.2) is 11.6 Å². The maximum Gasteiger partial charge on any atom is 0.201 e. The molecule has 0 saturated carbocycles. The minimum atomic E-state index is -1.28. The number of Topliss-reactive ketones (excluding diaryl/α,β-unsaturated/α-hetero) is 1. The molecule has 3 N–H and O–H groups in total. The van der Waals surface area contributed by atoms with Gasteiger partial charge in [-0.15, -0.1) is 0 Å². The van der Waals surface area contributed by atoms with Gasteiger partial charge in [0.25, 0.3) is 0 Å². The van der Waals surface area contributed by atoms with Crippen molar-refractivity contribution >= 4 is 17.3 Å². The summed E-state index contributed by atoms with van der Waals surface area (Å²) in [6.07, 6.45) is -0.0653. The van der Waals surface area contributed by atoms with E-state index in [9.17, 15) is 29.7 Å². The van der Waals surface area contributed by atoms with Crippen LogP contribution in [0.4, 0.5) is 0 Å². The Labute approximate surface area is 155 Å². The van der Waals surface area contributed by atoms with Crippen LogP contribution in [-0.4, -0.2) is 38.3 Å². The first-order valence-electron chi connectivity index (χ1n) is 8.71. The second-order valence-electron chi connectivity index (χ2n) is 7.57. The summed E-state index contributed by atoms with van der Waals surface area (Å²) >= 11 is 0. The van der Waals surface area contributed by atoms with E-state index in [0.717, 1.165) is 0 Å². The molecule has 2 aromatic rings. The van der Waals surface area contributed by atoms with Crippen LogP contribution in [0.3, 0.4) is 0 Å². The van der Waals surface area contributed by atoms with Gasteiger partial charge in [0.05, 0.1) is 16.7 Å². The maximum absolute atomic E-state index is 13.1. The lowest BCUT2D eigenvalue weighted by molar-refractivity contribution is -0.0117. The molecule has 0 saturated heterocycles. The van der Waals surface area contributed by atoms with Crippen LogP contribution in [0, 0.1) is 5.92 Å². The zero-order valence-corrected chi connectivity index (χ0v) is 14.9. The minimum Gasteiger partial charge on any atom is -0.507 e. The number of carbonyl (C=O) groups is 3. The Bertz CT molecular complexity index is 1050. The number of aliphatic hydroxyl groups is 1. The highest BCUT2D eigenvalue weighted by molar-refractivity contribution is 6.32. The van der Waals surface area contributed by atoms with Crippen LogP contribution in [-0.2, 0) is 6.42 Å². The first kappa shape index (κ1) is 17.4. The molecule has 0 bridgehead atoms. The number of phenolic OH excluding ortho intramolecular Hbond substituents is 2. The summed E-state index contributed by atoms with van der Waals surface area (Å²) in [5.74, 6) is -2.72. The van der Waals surface area contributed by atoms with Gasteiger partial charge >= 0.3 is 0 Å². The molecule has 0 aromatic heterocycles. The Morgan fingerprint density at radius 1 is 0.889 bits per heavy atom. The number of ketones is 3. The quantitative estimate of drug-likeness (QED) is 0.610. The second kappa shape index (κ2) is 5.50. The third-order valence-electron chi connectivity index (χ3n) is 5.67. The Balaban J connectivity index is 2.01. The van der Waals surface area contributed by atoms with Gasteiger partial charge in [-0.3, -0.25) is 14.4 Å². The van der Waals surface area contributed by atoms with Crippen molar-refractivity contribution in [1.82, 2.24) is 0 Å². The van der Waals surface area contributed by atoms with Crippen LogP contribution in [0.15, 0.2) is 24.3 Å².